The van der Waals surface area contributed by atoms with Crippen molar-refractivity contribution in [2.75, 3.05) is 40.5 Å². The van der Waals surface area contributed by atoms with E-state index in [9.17, 15) is 0 Å². The van der Waals surface area contributed by atoms with E-state index in [1.54, 1.807) is 14.2 Å². The molecule has 2 rings (SSSR count). The lowest BCUT2D eigenvalue weighted by atomic mass is 10.2. The number of methoxy groups -OCH3 is 2. The molecule has 1 N–H and O–H groups in total. The number of hydrogen-bond donors (Lipinski definition) is 1. The first kappa shape index (κ1) is 16.9. The second kappa shape index (κ2) is 8.86. The minimum Gasteiger partial charge on any atom is -0.383 e. The smallest absolute Gasteiger partial charge is 0.0589 e. The minimum absolute atomic E-state index is 0.767. The maximum absolute atomic E-state index is 5.21. The molecule has 0 aliphatic heterocycles. The summed E-state index contributed by atoms with van der Waals surface area (Å²) in [6, 6.07) is 3.14. The third-order valence-electron chi connectivity index (χ3n) is 3.83. The summed E-state index contributed by atoms with van der Waals surface area (Å²) >= 11 is 1.92. The number of ether oxygens (including phenoxy) is 2. The van der Waals surface area contributed by atoms with Crippen molar-refractivity contribution in [3.63, 3.8) is 0 Å². The second-order valence-electron chi connectivity index (χ2n) is 5.71. The van der Waals surface area contributed by atoms with E-state index in [1.165, 1.54) is 28.2 Å². The molecule has 1 aromatic heterocycles. The molecule has 1 saturated carbocycles. The molecule has 0 amide bonds. The molecule has 120 valence electrons. The lowest BCUT2D eigenvalue weighted by molar-refractivity contribution is 0.110. The zero-order chi connectivity index (χ0) is 15.1. The van der Waals surface area contributed by atoms with E-state index in [-0.39, 0.29) is 0 Å². The second-order valence-corrected chi connectivity index (χ2v) is 7.05. The van der Waals surface area contributed by atoms with Crippen LogP contribution < -0.4 is 5.32 Å². The highest BCUT2D eigenvalue weighted by Gasteiger charge is 2.20. The first-order valence-corrected chi connectivity index (χ1v) is 8.56. The summed E-state index contributed by atoms with van der Waals surface area (Å²) in [6.07, 6.45) is 2.69. The molecule has 4 nitrogen and oxygen atoms in total. The van der Waals surface area contributed by atoms with Gasteiger partial charge in [-0.1, -0.05) is 0 Å². The molecule has 0 unspecified atom stereocenters. The fourth-order valence-electron chi connectivity index (χ4n) is 2.32. The predicted molar refractivity (Wildman–Crippen MR) is 87.9 cm³/mol. The molecule has 21 heavy (non-hydrogen) atoms. The van der Waals surface area contributed by atoms with Crippen LogP contribution in [-0.2, 0) is 22.6 Å². The molecule has 0 bridgehead atoms. The Balaban J connectivity index is 1.87. The van der Waals surface area contributed by atoms with Gasteiger partial charge in [0.1, 0.15) is 0 Å². The lowest BCUT2D eigenvalue weighted by Crippen LogP contribution is -2.30. The van der Waals surface area contributed by atoms with Crippen LogP contribution in [0.5, 0.6) is 0 Å². The number of nitrogens with zero attached hydrogens (tertiary/aromatic N) is 1. The van der Waals surface area contributed by atoms with Gasteiger partial charge in [-0.2, -0.15) is 0 Å². The van der Waals surface area contributed by atoms with E-state index in [4.69, 9.17) is 9.47 Å². The molecule has 0 atom stereocenters. The first-order valence-electron chi connectivity index (χ1n) is 7.74. The largest absolute Gasteiger partial charge is 0.383 e. The molecule has 1 heterocycles. The Hall–Kier alpha value is -0.460. The van der Waals surface area contributed by atoms with Crippen LogP contribution in [-0.4, -0.2) is 51.5 Å². The summed E-state index contributed by atoms with van der Waals surface area (Å²) in [5.41, 5.74) is 1.44. The van der Waals surface area contributed by atoms with Crippen LogP contribution in [0.4, 0.5) is 0 Å². The van der Waals surface area contributed by atoms with Gasteiger partial charge in [-0.3, -0.25) is 4.90 Å². The minimum atomic E-state index is 0.767. The Labute approximate surface area is 132 Å². The van der Waals surface area contributed by atoms with Crippen LogP contribution in [0.3, 0.4) is 0 Å². The van der Waals surface area contributed by atoms with Crippen LogP contribution in [0.15, 0.2) is 6.07 Å². The predicted octanol–water partition coefficient (Wildman–Crippen LogP) is 2.40. The Morgan fingerprint density at radius 1 is 1.24 bits per heavy atom. The molecule has 0 aromatic carbocycles. The Morgan fingerprint density at radius 2 is 1.90 bits per heavy atom. The Kier molecular flexibility index (Phi) is 7.13. The van der Waals surface area contributed by atoms with Gasteiger partial charge >= 0.3 is 0 Å². The molecular formula is C16H28N2O2S. The van der Waals surface area contributed by atoms with Gasteiger partial charge in [-0.25, -0.2) is 0 Å². The topological polar surface area (TPSA) is 33.7 Å². The van der Waals surface area contributed by atoms with Gasteiger partial charge in [0.2, 0.25) is 0 Å². The van der Waals surface area contributed by atoms with E-state index in [0.29, 0.717) is 0 Å². The monoisotopic (exact) mass is 312 g/mol. The standard InChI is InChI=1S/C16H28N2O2S/c1-13-14(10-16(21-13)11-17-15-4-5-15)12-18(6-8-19-2)7-9-20-3/h10,15,17H,4-9,11-12H2,1-3H3. The highest BCUT2D eigenvalue weighted by Crippen LogP contribution is 2.25. The Bertz CT molecular complexity index is 410. The van der Waals surface area contributed by atoms with E-state index in [2.05, 4.69) is 23.2 Å². The summed E-state index contributed by atoms with van der Waals surface area (Å²) in [7, 11) is 3.51. The van der Waals surface area contributed by atoms with Gasteiger partial charge < -0.3 is 14.8 Å². The molecule has 0 radical (unpaired) electrons. The maximum atomic E-state index is 5.21. The number of aryl methyl sites for hydroxylation is 1. The van der Waals surface area contributed by atoms with Crippen molar-refractivity contribution in [2.24, 2.45) is 0 Å². The third-order valence-corrected chi connectivity index (χ3v) is 4.92. The average Bonchev–Trinajstić information content (AvgIpc) is 3.24. The molecule has 1 aliphatic rings. The molecule has 1 aromatic rings. The van der Waals surface area contributed by atoms with Crippen LogP contribution in [0.2, 0.25) is 0 Å². The van der Waals surface area contributed by atoms with Crippen molar-refractivity contribution in [1.29, 1.82) is 0 Å². The van der Waals surface area contributed by atoms with Crippen molar-refractivity contribution in [2.45, 2.75) is 38.9 Å². The lowest BCUT2D eigenvalue weighted by Gasteiger charge is -2.21. The van der Waals surface area contributed by atoms with Crippen LogP contribution in [0.1, 0.15) is 28.2 Å². The molecular weight excluding hydrogens is 284 g/mol. The van der Waals surface area contributed by atoms with E-state index < -0.39 is 0 Å². The van der Waals surface area contributed by atoms with Crippen LogP contribution >= 0.6 is 11.3 Å². The Morgan fingerprint density at radius 3 is 2.48 bits per heavy atom. The zero-order valence-electron chi connectivity index (χ0n) is 13.5. The SMILES string of the molecule is COCCN(CCOC)Cc1cc(CNC2CC2)sc1C. The van der Waals surface area contributed by atoms with Gasteiger partial charge in [-0.05, 0) is 31.4 Å². The average molecular weight is 312 g/mol. The van der Waals surface area contributed by atoms with Crippen LogP contribution in [0.25, 0.3) is 0 Å². The zero-order valence-corrected chi connectivity index (χ0v) is 14.3. The van der Waals surface area contributed by atoms with Gasteiger partial charge in [0.05, 0.1) is 13.2 Å². The first-order chi connectivity index (χ1) is 10.2. The molecule has 5 heteroatoms. The quantitative estimate of drug-likeness (QED) is 0.680. The summed E-state index contributed by atoms with van der Waals surface area (Å²) in [5.74, 6) is 0. The third kappa shape index (κ3) is 6.04. The van der Waals surface area contributed by atoms with Crippen molar-refractivity contribution in [3.8, 4) is 0 Å². The van der Waals surface area contributed by atoms with Crippen LogP contribution in [0, 0.1) is 6.92 Å². The van der Waals surface area contributed by atoms with Crippen molar-refractivity contribution >= 4 is 11.3 Å². The van der Waals surface area contributed by atoms with Crippen molar-refractivity contribution in [1.82, 2.24) is 10.2 Å². The normalized spacial score (nSPS) is 15.0. The van der Waals surface area contributed by atoms with Crippen molar-refractivity contribution in [3.05, 3.63) is 21.4 Å². The highest BCUT2D eigenvalue weighted by atomic mass is 32.1. The van der Waals surface area contributed by atoms with E-state index in [0.717, 1.165) is 45.4 Å². The molecule has 1 aliphatic carbocycles. The highest BCUT2D eigenvalue weighted by molar-refractivity contribution is 7.12. The summed E-state index contributed by atoms with van der Waals surface area (Å²) in [5, 5.41) is 3.59. The number of thiophene rings is 1. The fraction of sp³-hybridized carbons (Fsp3) is 0.750. The molecule has 1 fully saturated rings. The van der Waals surface area contributed by atoms with Gasteiger partial charge in [-0.15, -0.1) is 11.3 Å². The molecule has 0 spiro atoms. The van der Waals surface area contributed by atoms with E-state index in [1.807, 2.05) is 11.3 Å². The van der Waals surface area contributed by atoms with Gasteiger partial charge in [0, 0.05) is 56.2 Å². The van der Waals surface area contributed by atoms with Crippen molar-refractivity contribution < 1.29 is 9.47 Å². The fourth-order valence-corrected chi connectivity index (χ4v) is 3.32. The number of rotatable bonds is 11. The maximum Gasteiger partial charge on any atom is 0.0589 e. The number of nitrogens with one attached hydrogen (secondary N) is 1. The van der Waals surface area contributed by atoms with Gasteiger partial charge in [0.25, 0.3) is 0 Å². The van der Waals surface area contributed by atoms with E-state index >= 15 is 0 Å². The van der Waals surface area contributed by atoms with Gasteiger partial charge in [0.15, 0.2) is 0 Å². The summed E-state index contributed by atoms with van der Waals surface area (Å²) < 4.78 is 10.4. The molecule has 0 saturated heterocycles. The number of hydrogen-bond acceptors (Lipinski definition) is 5. The summed E-state index contributed by atoms with van der Waals surface area (Å²) in [4.78, 5) is 5.29. The summed E-state index contributed by atoms with van der Waals surface area (Å²) in [6.45, 7) is 7.66.